The van der Waals surface area contributed by atoms with Crippen molar-refractivity contribution >= 4 is 5.91 Å². The van der Waals surface area contributed by atoms with E-state index in [-0.39, 0.29) is 11.4 Å². The van der Waals surface area contributed by atoms with Crippen LogP contribution in [0.25, 0.3) is 0 Å². The minimum absolute atomic E-state index is 0.130. The Bertz CT molecular complexity index is 315. The molecule has 2 saturated carbocycles. The summed E-state index contributed by atoms with van der Waals surface area (Å²) in [6, 6.07) is 0. The molecular formula is C14H26N2O. The number of rotatable bonds is 4. The van der Waals surface area contributed by atoms with E-state index in [1.807, 2.05) is 0 Å². The fraction of sp³-hybridized carbons (Fsp3) is 0.929. The monoisotopic (exact) mass is 238 g/mol. The van der Waals surface area contributed by atoms with Gasteiger partial charge in [-0.15, -0.1) is 0 Å². The van der Waals surface area contributed by atoms with E-state index >= 15 is 0 Å². The van der Waals surface area contributed by atoms with E-state index in [0.717, 1.165) is 19.4 Å². The van der Waals surface area contributed by atoms with Crippen LogP contribution in [0.5, 0.6) is 0 Å². The van der Waals surface area contributed by atoms with Gasteiger partial charge in [0.15, 0.2) is 0 Å². The van der Waals surface area contributed by atoms with Gasteiger partial charge in [-0.05, 0) is 36.0 Å². The lowest BCUT2D eigenvalue weighted by molar-refractivity contribution is -0.123. The summed E-state index contributed by atoms with van der Waals surface area (Å²) in [5.41, 5.74) is 6.56. The quantitative estimate of drug-likeness (QED) is 0.787. The molecule has 2 fully saturated rings. The van der Waals surface area contributed by atoms with Crippen LogP contribution in [0.15, 0.2) is 0 Å². The maximum Gasteiger partial charge on any atom is 0.221 e. The largest absolute Gasteiger partial charge is 0.356 e. The molecule has 2 aliphatic rings. The van der Waals surface area contributed by atoms with Crippen molar-refractivity contribution in [2.75, 3.05) is 6.54 Å². The summed E-state index contributed by atoms with van der Waals surface area (Å²) >= 11 is 0. The first-order chi connectivity index (χ1) is 7.69. The SMILES string of the molecule is CC1(C)C(CNC(=O)CC2(N)CCC2)C1(C)C. The molecule has 0 aliphatic heterocycles. The Balaban J connectivity index is 1.75. The van der Waals surface area contributed by atoms with Crippen LogP contribution in [-0.2, 0) is 4.79 Å². The Morgan fingerprint density at radius 3 is 2.12 bits per heavy atom. The third kappa shape index (κ3) is 2.10. The molecule has 0 aromatic heterocycles. The first-order valence-corrected chi connectivity index (χ1v) is 6.75. The molecule has 0 atom stereocenters. The molecule has 0 bridgehead atoms. The molecule has 3 N–H and O–H groups in total. The molecular weight excluding hydrogens is 212 g/mol. The van der Waals surface area contributed by atoms with Gasteiger partial charge in [0.05, 0.1) is 0 Å². The molecule has 0 saturated heterocycles. The lowest BCUT2D eigenvalue weighted by Crippen LogP contribution is -2.50. The second kappa shape index (κ2) is 3.71. The van der Waals surface area contributed by atoms with Crippen LogP contribution in [0.2, 0.25) is 0 Å². The molecule has 0 unspecified atom stereocenters. The minimum atomic E-state index is -0.196. The highest BCUT2D eigenvalue weighted by Gasteiger charge is 2.64. The zero-order valence-electron chi connectivity index (χ0n) is 11.6. The fourth-order valence-corrected chi connectivity index (χ4v) is 3.25. The van der Waals surface area contributed by atoms with Crippen LogP contribution in [0.3, 0.4) is 0 Å². The highest BCUT2D eigenvalue weighted by Crippen LogP contribution is 2.67. The van der Waals surface area contributed by atoms with E-state index in [9.17, 15) is 4.79 Å². The maximum atomic E-state index is 11.8. The van der Waals surface area contributed by atoms with Crippen molar-refractivity contribution < 1.29 is 4.79 Å². The highest BCUT2D eigenvalue weighted by atomic mass is 16.1. The number of hydrogen-bond acceptors (Lipinski definition) is 2. The van der Waals surface area contributed by atoms with Crippen molar-refractivity contribution in [1.82, 2.24) is 5.32 Å². The predicted molar refractivity (Wildman–Crippen MR) is 69.4 cm³/mol. The molecule has 2 rings (SSSR count). The zero-order chi connectivity index (χ0) is 12.9. The van der Waals surface area contributed by atoms with Gasteiger partial charge >= 0.3 is 0 Å². The van der Waals surface area contributed by atoms with Crippen LogP contribution >= 0.6 is 0 Å². The van der Waals surface area contributed by atoms with Gasteiger partial charge in [-0.1, -0.05) is 27.7 Å². The van der Waals surface area contributed by atoms with E-state index in [1.165, 1.54) is 6.42 Å². The van der Waals surface area contributed by atoms with Gasteiger partial charge < -0.3 is 11.1 Å². The fourth-order valence-electron chi connectivity index (χ4n) is 3.25. The van der Waals surface area contributed by atoms with Crippen molar-refractivity contribution in [3.05, 3.63) is 0 Å². The molecule has 1 amide bonds. The first kappa shape index (κ1) is 12.9. The number of nitrogens with two attached hydrogens (primary N) is 1. The standard InChI is InChI=1S/C14H26N2O/c1-12(2)10(13(12,3)4)9-16-11(17)8-14(15)6-5-7-14/h10H,5-9,15H2,1-4H3,(H,16,17). The average Bonchev–Trinajstić information content (AvgIpc) is 2.52. The smallest absolute Gasteiger partial charge is 0.221 e. The van der Waals surface area contributed by atoms with E-state index in [0.29, 0.717) is 23.2 Å². The molecule has 0 spiro atoms. The van der Waals surface area contributed by atoms with Gasteiger partial charge in [0.2, 0.25) is 5.91 Å². The highest BCUT2D eigenvalue weighted by molar-refractivity contribution is 5.77. The van der Waals surface area contributed by atoms with Gasteiger partial charge in [0.25, 0.3) is 0 Å². The number of nitrogens with one attached hydrogen (secondary N) is 1. The van der Waals surface area contributed by atoms with E-state index < -0.39 is 0 Å². The summed E-state index contributed by atoms with van der Waals surface area (Å²) in [6.45, 7) is 9.91. The topological polar surface area (TPSA) is 55.1 Å². The van der Waals surface area contributed by atoms with E-state index in [4.69, 9.17) is 5.73 Å². The normalized spacial score (nSPS) is 28.3. The van der Waals surface area contributed by atoms with Gasteiger partial charge in [-0.25, -0.2) is 0 Å². The average molecular weight is 238 g/mol. The van der Waals surface area contributed by atoms with Crippen molar-refractivity contribution in [2.24, 2.45) is 22.5 Å². The van der Waals surface area contributed by atoms with Gasteiger partial charge in [0.1, 0.15) is 0 Å². The van der Waals surface area contributed by atoms with Crippen LogP contribution in [0.4, 0.5) is 0 Å². The summed E-state index contributed by atoms with van der Waals surface area (Å²) in [7, 11) is 0. The van der Waals surface area contributed by atoms with Gasteiger partial charge in [-0.2, -0.15) is 0 Å². The van der Waals surface area contributed by atoms with Crippen molar-refractivity contribution in [3.63, 3.8) is 0 Å². The summed E-state index contributed by atoms with van der Waals surface area (Å²) in [5.74, 6) is 0.722. The second-order valence-corrected chi connectivity index (χ2v) is 7.19. The van der Waals surface area contributed by atoms with Crippen molar-refractivity contribution in [1.29, 1.82) is 0 Å². The Hall–Kier alpha value is -0.570. The minimum Gasteiger partial charge on any atom is -0.356 e. The molecule has 3 heteroatoms. The molecule has 0 radical (unpaired) electrons. The van der Waals surface area contributed by atoms with Gasteiger partial charge in [0, 0.05) is 18.5 Å². The molecule has 0 heterocycles. The van der Waals surface area contributed by atoms with Crippen LogP contribution in [0.1, 0.15) is 53.4 Å². The summed E-state index contributed by atoms with van der Waals surface area (Å²) in [4.78, 5) is 11.8. The molecule has 3 nitrogen and oxygen atoms in total. The van der Waals surface area contributed by atoms with Crippen LogP contribution in [0, 0.1) is 16.7 Å². The number of carbonyl (C=O) groups excluding carboxylic acids is 1. The van der Waals surface area contributed by atoms with E-state index in [2.05, 4.69) is 33.0 Å². The first-order valence-electron chi connectivity index (χ1n) is 6.75. The predicted octanol–water partition coefficient (Wildman–Crippen LogP) is 2.06. The molecule has 0 aromatic carbocycles. The van der Waals surface area contributed by atoms with Gasteiger partial charge in [-0.3, -0.25) is 4.79 Å². The summed E-state index contributed by atoms with van der Waals surface area (Å²) < 4.78 is 0. The lowest BCUT2D eigenvalue weighted by Gasteiger charge is -2.37. The van der Waals surface area contributed by atoms with Crippen LogP contribution < -0.4 is 11.1 Å². The summed E-state index contributed by atoms with van der Waals surface area (Å²) in [6.07, 6.45) is 3.68. The zero-order valence-corrected chi connectivity index (χ0v) is 11.6. The Labute approximate surface area is 105 Å². The third-order valence-electron chi connectivity index (χ3n) is 5.68. The van der Waals surface area contributed by atoms with Crippen molar-refractivity contribution in [2.45, 2.75) is 58.9 Å². The second-order valence-electron chi connectivity index (χ2n) is 7.19. The maximum absolute atomic E-state index is 11.8. The number of hydrogen-bond donors (Lipinski definition) is 2. The van der Waals surface area contributed by atoms with Crippen LogP contribution in [-0.4, -0.2) is 18.0 Å². The van der Waals surface area contributed by atoms with Crippen molar-refractivity contribution in [3.8, 4) is 0 Å². The molecule has 2 aliphatic carbocycles. The molecule has 17 heavy (non-hydrogen) atoms. The number of amides is 1. The molecule has 98 valence electrons. The Kier molecular flexibility index (Phi) is 2.81. The Morgan fingerprint density at radius 1 is 1.24 bits per heavy atom. The summed E-state index contributed by atoms with van der Waals surface area (Å²) in [5, 5.41) is 3.06. The third-order valence-corrected chi connectivity index (χ3v) is 5.68. The molecule has 0 aromatic rings. The van der Waals surface area contributed by atoms with E-state index in [1.54, 1.807) is 0 Å². The number of carbonyl (C=O) groups is 1. The Morgan fingerprint density at radius 2 is 1.76 bits per heavy atom. The lowest BCUT2D eigenvalue weighted by atomic mass is 9.75.